The summed E-state index contributed by atoms with van der Waals surface area (Å²) in [6.07, 6.45) is 1.20. The van der Waals surface area contributed by atoms with Crippen LogP contribution < -0.4 is 0 Å². The summed E-state index contributed by atoms with van der Waals surface area (Å²) in [4.78, 5) is 25.7. The van der Waals surface area contributed by atoms with E-state index in [0.29, 0.717) is 25.1 Å². The second-order valence-electron chi connectivity index (χ2n) is 6.08. The molecule has 1 aliphatic heterocycles. The Kier molecular flexibility index (Phi) is 3.43. The van der Waals surface area contributed by atoms with Gasteiger partial charge < -0.3 is 14.4 Å². The first-order valence-corrected chi connectivity index (χ1v) is 7.47. The number of hydrogen-bond donors (Lipinski definition) is 1. The van der Waals surface area contributed by atoms with Crippen molar-refractivity contribution in [2.24, 2.45) is 0 Å². The molecule has 0 radical (unpaired) electrons. The molecule has 116 valence electrons. The van der Waals surface area contributed by atoms with Crippen LogP contribution in [0.5, 0.6) is 0 Å². The van der Waals surface area contributed by atoms with Crippen LogP contribution in [0, 0.1) is 0 Å². The highest BCUT2D eigenvalue weighted by Gasteiger charge is 2.47. The summed E-state index contributed by atoms with van der Waals surface area (Å²) < 4.78 is 5.74. The topological polar surface area (TPSA) is 70.8 Å². The molecule has 1 aromatic carbocycles. The van der Waals surface area contributed by atoms with Crippen molar-refractivity contribution < 1.29 is 19.1 Å². The number of hydrogen-bond acceptors (Lipinski definition) is 3. The Balaban J connectivity index is 1.89. The first-order valence-electron chi connectivity index (χ1n) is 7.47. The third-order valence-corrected chi connectivity index (χ3v) is 4.61. The monoisotopic (exact) mass is 301 g/mol. The molecule has 0 bridgehead atoms. The van der Waals surface area contributed by atoms with Crippen molar-refractivity contribution in [3.05, 3.63) is 36.1 Å². The predicted molar refractivity (Wildman–Crippen MR) is 81.6 cm³/mol. The van der Waals surface area contributed by atoms with Gasteiger partial charge in [0.1, 0.15) is 16.9 Å². The molecule has 0 spiro atoms. The van der Waals surface area contributed by atoms with Gasteiger partial charge in [-0.1, -0.05) is 18.2 Å². The minimum absolute atomic E-state index is 0.193. The summed E-state index contributed by atoms with van der Waals surface area (Å²) in [5.41, 5.74) is -0.378. The van der Waals surface area contributed by atoms with Gasteiger partial charge in [0.25, 0.3) is 0 Å². The molecule has 2 aromatic rings. The molecule has 5 heteroatoms. The van der Waals surface area contributed by atoms with Crippen LogP contribution in [0.15, 0.2) is 34.7 Å². The van der Waals surface area contributed by atoms with Gasteiger partial charge >= 0.3 is 5.97 Å². The number of likely N-dealkylation sites (tertiary alicyclic amines) is 1. The lowest BCUT2D eigenvalue weighted by molar-refractivity contribution is -0.155. The Bertz CT molecular complexity index is 702. The van der Waals surface area contributed by atoms with E-state index in [0.717, 1.165) is 11.0 Å². The fourth-order valence-corrected chi connectivity index (χ4v) is 3.11. The van der Waals surface area contributed by atoms with E-state index in [1.165, 1.54) is 4.90 Å². The Morgan fingerprint density at radius 2 is 2.09 bits per heavy atom. The molecule has 1 saturated heterocycles. The number of amides is 1. The zero-order valence-electron chi connectivity index (χ0n) is 12.7. The molecule has 2 atom stereocenters. The van der Waals surface area contributed by atoms with Crippen LogP contribution in [0.1, 0.15) is 38.4 Å². The molecule has 1 fully saturated rings. The van der Waals surface area contributed by atoms with Gasteiger partial charge in [-0.05, 0) is 38.8 Å². The van der Waals surface area contributed by atoms with Crippen LogP contribution in [-0.4, -0.2) is 34.0 Å². The average Bonchev–Trinajstić information content (AvgIpc) is 3.09. The van der Waals surface area contributed by atoms with E-state index in [1.54, 1.807) is 13.8 Å². The van der Waals surface area contributed by atoms with Crippen molar-refractivity contribution in [2.75, 3.05) is 6.54 Å². The summed E-state index contributed by atoms with van der Waals surface area (Å²) in [7, 11) is 0. The predicted octanol–water partition coefficient (Wildman–Crippen LogP) is 3.00. The van der Waals surface area contributed by atoms with Gasteiger partial charge in [0, 0.05) is 11.9 Å². The highest BCUT2D eigenvalue weighted by molar-refractivity contribution is 5.91. The summed E-state index contributed by atoms with van der Waals surface area (Å²) in [5.74, 6) is -1.06. The number of carboxylic acids is 1. The average molecular weight is 301 g/mol. The fourth-order valence-electron chi connectivity index (χ4n) is 3.11. The first-order chi connectivity index (χ1) is 10.4. The number of carboxylic acid groups (broad SMARTS) is 1. The van der Waals surface area contributed by atoms with Crippen LogP contribution >= 0.6 is 0 Å². The van der Waals surface area contributed by atoms with Gasteiger partial charge in [-0.15, -0.1) is 0 Å². The van der Waals surface area contributed by atoms with Crippen molar-refractivity contribution in [3.63, 3.8) is 0 Å². The Morgan fingerprint density at radius 3 is 2.77 bits per heavy atom. The fraction of sp³-hybridized carbons (Fsp3) is 0.412. The molecular formula is C17H19NO4. The second-order valence-corrected chi connectivity index (χ2v) is 6.08. The number of rotatable bonds is 3. The molecule has 3 rings (SSSR count). The van der Waals surface area contributed by atoms with Gasteiger partial charge in [0.2, 0.25) is 5.91 Å². The standard InChI is InChI=1S/C17H19NO4/c1-11(14-10-12-6-3-4-7-13(12)22-14)15(19)18-9-5-8-17(18,2)16(20)21/h3-4,6-7,10-11H,5,8-9H2,1-2H3,(H,20,21). The molecule has 1 amide bonds. The van der Waals surface area contributed by atoms with E-state index in [1.807, 2.05) is 30.3 Å². The molecule has 5 nitrogen and oxygen atoms in total. The first kappa shape index (κ1) is 14.6. The van der Waals surface area contributed by atoms with E-state index >= 15 is 0 Å². The van der Waals surface area contributed by atoms with Crippen LogP contribution in [-0.2, 0) is 9.59 Å². The summed E-state index contributed by atoms with van der Waals surface area (Å²) in [6, 6.07) is 9.43. The number of aliphatic carboxylic acids is 1. The Morgan fingerprint density at radius 1 is 1.36 bits per heavy atom. The molecule has 2 heterocycles. The van der Waals surface area contributed by atoms with Crippen LogP contribution in [0.25, 0.3) is 11.0 Å². The van der Waals surface area contributed by atoms with Gasteiger partial charge in [0.15, 0.2) is 0 Å². The molecule has 0 saturated carbocycles. The van der Waals surface area contributed by atoms with Gasteiger partial charge in [-0.2, -0.15) is 0 Å². The third kappa shape index (κ3) is 2.17. The number of nitrogens with zero attached hydrogens (tertiary/aromatic N) is 1. The quantitative estimate of drug-likeness (QED) is 0.946. The van der Waals surface area contributed by atoms with E-state index in [9.17, 15) is 14.7 Å². The highest BCUT2D eigenvalue weighted by atomic mass is 16.4. The lowest BCUT2D eigenvalue weighted by atomic mass is 9.97. The minimum Gasteiger partial charge on any atom is -0.480 e. The maximum absolute atomic E-state index is 12.7. The summed E-state index contributed by atoms with van der Waals surface area (Å²) in [5, 5.41) is 10.4. The molecule has 22 heavy (non-hydrogen) atoms. The van der Waals surface area contributed by atoms with E-state index in [4.69, 9.17) is 4.42 Å². The number of benzene rings is 1. The van der Waals surface area contributed by atoms with Gasteiger partial charge in [-0.3, -0.25) is 4.79 Å². The van der Waals surface area contributed by atoms with Crippen molar-refractivity contribution in [2.45, 2.75) is 38.1 Å². The SMILES string of the molecule is CC(C(=O)N1CCCC1(C)C(=O)O)c1cc2ccccc2o1. The number of furan rings is 1. The highest BCUT2D eigenvalue weighted by Crippen LogP contribution is 2.34. The van der Waals surface area contributed by atoms with Crippen molar-refractivity contribution in [1.29, 1.82) is 0 Å². The van der Waals surface area contributed by atoms with Crippen molar-refractivity contribution >= 4 is 22.8 Å². The Hall–Kier alpha value is -2.30. The van der Waals surface area contributed by atoms with Crippen molar-refractivity contribution in [3.8, 4) is 0 Å². The van der Waals surface area contributed by atoms with Gasteiger partial charge in [0.05, 0.1) is 5.92 Å². The largest absolute Gasteiger partial charge is 0.480 e. The molecule has 0 aliphatic carbocycles. The summed E-state index contributed by atoms with van der Waals surface area (Å²) in [6.45, 7) is 3.86. The molecule has 1 N–H and O–H groups in total. The lowest BCUT2D eigenvalue weighted by Crippen LogP contribution is -2.51. The minimum atomic E-state index is -1.11. The summed E-state index contributed by atoms with van der Waals surface area (Å²) >= 11 is 0. The van der Waals surface area contributed by atoms with Crippen LogP contribution in [0.3, 0.4) is 0 Å². The van der Waals surface area contributed by atoms with Crippen LogP contribution in [0.2, 0.25) is 0 Å². The molecular weight excluding hydrogens is 282 g/mol. The van der Waals surface area contributed by atoms with Crippen LogP contribution in [0.4, 0.5) is 0 Å². The number of fused-ring (bicyclic) bond motifs is 1. The maximum atomic E-state index is 12.7. The van der Waals surface area contributed by atoms with E-state index in [2.05, 4.69) is 0 Å². The van der Waals surface area contributed by atoms with E-state index < -0.39 is 17.4 Å². The Labute approximate surface area is 128 Å². The maximum Gasteiger partial charge on any atom is 0.329 e. The van der Waals surface area contributed by atoms with Gasteiger partial charge in [-0.25, -0.2) is 4.79 Å². The van der Waals surface area contributed by atoms with Crippen molar-refractivity contribution in [1.82, 2.24) is 4.90 Å². The number of carbonyl (C=O) groups excluding carboxylic acids is 1. The third-order valence-electron chi connectivity index (χ3n) is 4.61. The molecule has 1 aliphatic rings. The second kappa shape index (κ2) is 5.16. The zero-order chi connectivity index (χ0) is 15.9. The molecule has 1 aromatic heterocycles. The normalized spacial score (nSPS) is 22.9. The van der Waals surface area contributed by atoms with E-state index in [-0.39, 0.29) is 5.91 Å². The zero-order valence-corrected chi connectivity index (χ0v) is 12.7. The smallest absolute Gasteiger partial charge is 0.329 e. The molecule has 2 unspecified atom stereocenters. The lowest BCUT2D eigenvalue weighted by Gasteiger charge is -2.32. The number of carbonyl (C=O) groups is 2. The number of para-hydroxylation sites is 1.